The number of urea groups is 1. The van der Waals surface area contributed by atoms with Crippen molar-refractivity contribution in [2.45, 2.75) is 6.42 Å². The van der Waals surface area contributed by atoms with Crippen LogP contribution in [0.3, 0.4) is 0 Å². The number of anilines is 3. The summed E-state index contributed by atoms with van der Waals surface area (Å²) >= 11 is 0. The molecule has 0 bridgehead atoms. The summed E-state index contributed by atoms with van der Waals surface area (Å²) < 4.78 is 3.29. The van der Waals surface area contributed by atoms with Gasteiger partial charge >= 0.3 is 6.03 Å². The van der Waals surface area contributed by atoms with Gasteiger partial charge in [-0.25, -0.2) is 4.79 Å². The van der Waals surface area contributed by atoms with Crippen LogP contribution in [0.25, 0.3) is 10.9 Å². The molecule has 5 aromatic rings. The molecule has 0 spiro atoms. The van der Waals surface area contributed by atoms with Crippen LogP contribution in [-0.2, 0) is 20.5 Å². The number of rotatable bonds is 8. The van der Waals surface area contributed by atoms with Gasteiger partial charge in [0.05, 0.1) is 11.4 Å². The highest BCUT2D eigenvalue weighted by Crippen LogP contribution is 2.19. The summed E-state index contributed by atoms with van der Waals surface area (Å²) in [6.07, 6.45) is 5.99. The molecule has 10 heteroatoms. The van der Waals surface area contributed by atoms with Crippen molar-refractivity contribution in [1.82, 2.24) is 19.4 Å². The van der Waals surface area contributed by atoms with Crippen LogP contribution >= 0.6 is 0 Å². The van der Waals surface area contributed by atoms with Gasteiger partial charge in [-0.1, -0.05) is 36.4 Å². The third-order valence-corrected chi connectivity index (χ3v) is 6.38. The number of fused-ring (bicyclic) bond motifs is 1. The number of H-pyrrole nitrogens is 1. The first-order valence-electron chi connectivity index (χ1n) is 12.5. The molecule has 0 radical (unpaired) electrons. The fourth-order valence-electron chi connectivity index (χ4n) is 4.47. The summed E-state index contributed by atoms with van der Waals surface area (Å²) in [5, 5.41) is 12.4. The van der Waals surface area contributed by atoms with E-state index < -0.39 is 6.03 Å². The number of hydrogen-bond donors (Lipinski definition) is 5. The summed E-state index contributed by atoms with van der Waals surface area (Å²) in [7, 11) is 3.47. The third-order valence-electron chi connectivity index (χ3n) is 6.38. The molecule has 5 N–H and O–H groups in total. The molecule has 0 saturated heterocycles. The lowest BCUT2D eigenvalue weighted by molar-refractivity contribution is 0.0945. The Morgan fingerprint density at radius 2 is 1.36 bits per heavy atom. The van der Waals surface area contributed by atoms with E-state index in [1.54, 1.807) is 59.9 Å². The molecule has 4 amide bonds. The van der Waals surface area contributed by atoms with Crippen LogP contribution in [0.5, 0.6) is 0 Å². The number of para-hydroxylation sites is 2. The zero-order valence-electron chi connectivity index (χ0n) is 21.6. The second-order valence-corrected chi connectivity index (χ2v) is 9.21. The number of benzene rings is 2. The highest BCUT2D eigenvalue weighted by molar-refractivity contribution is 6.06. The highest BCUT2D eigenvalue weighted by Gasteiger charge is 2.17. The van der Waals surface area contributed by atoms with Crippen molar-refractivity contribution < 1.29 is 14.4 Å². The average molecular weight is 524 g/mol. The summed E-state index contributed by atoms with van der Waals surface area (Å²) in [5.41, 5.74) is 4.60. The van der Waals surface area contributed by atoms with Crippen molar-refractivity contribution >= 4 is 45.8 Å². The monoisotopic (exact) mass is 523 g/mol. The van der Waals surface area contributed by atoms with Crippen LogP contribution < -0.4 is 21.3 Å². The Labute approximate surface area is 225 Å². The van der Waals surface area contributed by atoms with Gasteiger partial charge in [0.2, 0.25) is 0 Å². The SMILES string of the molecule is Cn1cc(NC(=O)c2cc(NC(=O)Nc3ccccc3)cn2C)cc1C(=O)NCCc1c[nH]c2ccccc12. The fourth-order valence-corrected chi connectivity index (χ4v) is 4.47. The molecule has 10 nitrogen and oxygen atoms in total. The minimum absolute atomic E-state index is 0.229. The molecule has 0 saturated carbocycles. The highest BCUT2D eigenvalue weighted by atomic mass is 16.2. The maximum Gasteiger partial charge on any atom is 0.323 e. The van der Waals surface area contributed by atoms with Crippen LogP contribution in [0.1, 0.15) is 26.5 Å². The van der Waals surface area contributed by atoms with Gasteiger partial charge in [0.25, 0.3) is 11.8 Å². The molecular weight excluding hydrogens is 494 g/mol. The first kappa shape index (κ1) is 25.4. The molecule has 2 aromatic carbocycles. The molecular formula is C29H29N7O3. The third kappa shape index (κ3) is 5.85. The summed E-state index contributed by atoms with van der Waals surface area (Å²) in [5.74, 6) is -0.599. The van der Waals surface area contributed by atoms with Gasteiger partial charge in [-0.15, -0.1) is 0 Å². The van der Waals surface area contributed by atoms with Crippen LogP contribution in [-0.4, -0.2) is 38.5 Å². The van der Waals surface area contributed by atoms with Crippen LogP contribution in [0.4, 0.5) is 21.9 Å². The number of amides is 4. The molecule has 0 atom stereocenters. The maximum absolute atomic E-state index is 13.0. The summed E-state index contributed by atoms with van der Waals surface area (Å²) in [4.78, 5) is 41.3. The molecule has 0 aliphatic carbocycles. The van der Waals surface area contributed by atoms with Crippen molar-refractivity contribution in [3.63, 3.8) is 0 Å². The Kier molecular flexibility index (Phi) is 7.17. The quantitative estimate of drug-likeness (QED) is 0.202. The van der Waals surface area contributed by atoms with E-state index in [-0.39, 0.29) is 11.8 Å². The molecule has 198 valence electrons. The smallest absolute Gasteiger partial charge is 0.323 e. The van der Waals surface area contributed by atoms with E-state index in [2.05, 4.69) is 32.3 Å². The maximum atomic E-state index is 13.0. The Bertz CT molecular complexity index is 1650. The molecule has 0 aliphatic rings. The topological polar surface area (TPSA) is 125 Å². The molecule has 0 aliphatic heterocycles. The van der Waals surface area contributed by atoms with E-state index in [0.29, 0.717) is 41.4 Å². The van der Waals surface area contributed by atoms with Gasteiger partial charge in [-0.3, -0.25) is 9.59 Å². The van der Waals surface area contributed by atoms with Crippen molar-refractivity contribution in [2.75, 3.05) is 22.5 Å². The van der Waals surface area contributed by atoms with Gasteiger partial charge in [0.15, 0.2) is 0 Å². The number of aromatic nitrogens is 3. The summed E-state index contributed by atoms with van der Waals surface area (Å²) in [6, 6.07) is 19.9. The first-order valence-corrected chi connectivity index (χ1v) is 12.5. The molecule has 3 heterocycles. The van der Waals surface area contributed by atoms with E-state index in [9.17, 15) is 14.4 Å². The molecule has 5 rings (SSSR count). The lowest BCUT2D eigenvalue weighted by Crippen LogP contribution is -2.27. The number of carbonyl (C=O) groups excluding carboxylic acids is 3. The van der Waals surface area contributed by atoms with E-state index in [0.717, 1.165) is 16.5 Å². The first-order chi connectivity index (χ1) is 18.9. The van der Waals surface area contributed by atoms with Crippen molar-refractivity contribution in [3.8, 4) is 0 Å². The zero-order valence-corrected chi connectivity index (χ0v) is 21.6. The lowest BCUT2D eigenvalue weighted by Gasteiger charge is -2.05. The summed E-state index contributed by atoms with van der Waals surface area (Å²) in [6.45, 7) is 0.477. The van der Waals surface area contributed by atoms with E-state index >= 15 is 0 Å². The van der Waals surface area contributed by atoms with Gasteiger partial charge in [-0.05, 0) is 42.3 Å². The number of aryl methyl sites for hydroxylation is 2. The number of aromatic amines is 1. The molecule has 0 unspecified atom stereocenters. The zero-order chi connectivity index (χ0) is 27.4. The van der Waals surface area contributed by atoms with E-state index in [1.807, 2.05) is 42.6 Å². The second kappa shape index (κ2) is 11.0. The van der Waals surface area contributed by atoms with Crippen molar-refractivity contribution in [1.29, 1.82) is 0 Å². The van der Waals surface area contributed by atoms with E-state index in [1.165, 1.54) is 0 Å². The number of hydrogen-bond acceptors (Lipinski definition) is 3. The van der Waals surface area contributed by atoms with Gasteiger partial charge < -0.3 is 35.4 Å². The minimum atomic E-state index is -0.415. The normalized spacial score (nSPS) is 10.8. The van der Waals surface area contributed by atoms with Crippen LogP contribution in [0.2, 0.25) is 0 Å². The van der Waals surface area contributed by atoms with Gasteiger partial charge in [0.1, 0.15) is 11.4 Å². The molecule has 39 heavy (non-hydrogen) atoms. The van der Waals surface area contributed by atoms with Crippen molar-refractivity contribution in [2.24, 2.45) is 14.1 Å². The Hall–Kier alpha value is -5.25. The largest absolute Gasteiger partial charge is 0.361 e. The van der Waals surface area contributed by atoms with Gasteiger partial charge in [0, 0.05) is 55.8 Å². The van der Waals surface area contributed by atoms with Crippen LogP contribution in [0, 0.1) is 0 Å². The molecule has 3 aromatic heterocycles. The standard InChI is InChI=1S/C29H29N7O3/c1-35-17-21(14-25(35)27(37)30-13-12-19-16-31-24-11-7-6-10-23(19)24)32-28(38)26-15-22(18-36(26)2)34-29(39)33-20-8-4-3-5-9-20/h3-11,14-18,31H,12-13H2,1-2H3,(H,30,37)(H,32,38)(H2,33,34,39). The fraction of sp³-hybridized carbons (Fsp3) is 0.138. The van der Waals surface area contributed by atoms with E-state index in [4.69, 9.17) is 0 Å². The Morgan fingerprint density at radius 3 is 2.10 bits per heavy atom. The van der Waals surface area contributed by atoms with Gasteiger partial charge in [-0.2, -0.15) is 0 Å². The number of nitrogens with zero attached hydrogens (tertiary/aromatic N) is 2. The van der Waals surface area contributed by atoms with Crippen molar-refractivity contribution in [3.05, 3.63) is 102 Å². The molecule has 0 fully saturated rings. The second-order valence-electron chi connectivity index (χ2n) is 9.21. The lowest BCUT2D eigenvalue weighted by atomic mass is 10.1. The number of nitrogens with one attached hydrogen (secondary N) is 5. The Balaban J connectivity index is 1.17. The minimum Gasteiger partial charge on any atom is -0.361 e. The predicted molar refractivity (Wildman–Crippen MR) is 152 cm³/mol. The number of carbonyl (C=O) groups is 3. The van der Waals surface area contributed by atoms with Crippen LogP contribution in [0.15, 0.2) is 85.3 Å². The average Bonchev–Trinajstić information content (AvgIpc) is 3.61. The Morgan fingerprint density at radius 1 is 0.744 bits per heavy atom. The predicted octanol–water partition coefficient (Wildman–Crippen LogP) is 4.71.